The molecule has 0 aliphatic carbocycles. The second-order valence-electron chi connectivity index (χ2n) is 3.85. The number of rotatable bonds is 4. The van der Waals surface area contributed by atoms with Gasteiger partial charge in [0, 0.05) is 11.9 Å². The van der Waals surface area contributed by atoms with Crippen LogP contribution in [0.15, 0.2) is 33.8 Å². The minimum absolute atomic E-state index is 0.0722. The van der Waals surface area contributed by atoms with Gasteiger partial charge in [-0.05, 0) is 40.9 Å². The van der Waals surface area contributed by atoms with E-state index in [0.29, 0.717) is 0 Å². The van der Waals surface area contributed by atoms with Crippen molar-refractivity contribution in [3.8, 4) is 0 Å². The van der Waals surface area contributed by atoms with Crippen LogP contribution in [0.25, 0.3) is 0 Å². The maximum absolute atomic E-state index is 4.05. The Morgan fingerprint density at radius 1 is 1.39 bits per heavy atom. The zero-order valence-electron chi connectivity index (χ0n) is 10.5. The van der Waals surface area contributed by atoms with Crippen LogP contribution in [0, 0.1) is 0 Å². The molecule has 18 heavy (non-hydrogen) atoms. The first-order valence-electron chi connectivity index (χ1n) is 5.54. The van der Waals surface area contributed by atoms with Crippen molar-refractivity contribution in [2.75, 3.05) is 13.3 Å². The summed E-state index contributed by atoms with van der Waals surface area (Å²) < 4.78 is 2.57. The predicted octanol–water partition coefficient (Wildman–Crippen LogP) is 2.61. The van der Waals surface area contributed by atoms with E-state index in [0.717, 1.165) is 10.3 Å². The van der Waals surface area contributed by atoms with E-state index in [2.05, 4.69) is 62.1 Å². The van der Waals surface area contributed by atoms with Gasteiger partial charge in [-0.3, -0.25) is 0 Å². The molecule has 0 bridgehead atoms. The molecular weight excluding hydrogens is 312 g/mol. The molecule has 0 aliphatic heterocycles. The molecule has 0 spiro atoms. The maximum Gasteiger partial charge on any atom is 0.153 e. The highest BCUT2D eigenvalue weighted by molar-refractivity contribution is 9.10. The van der Waals surface area contributed by atoms with Crippen molar-refractivity contribution in [3.63, 3.8) is 0 Å². The van der Waals surface area contributed by atoms with E-state index in [1.54, 1.807) is 16.4 Å². The van der Waals surface area contributed by atoms with E-state index in [1.165, 1.54) is 10.5 Å². The van der Waals surface area contributed by atoms with Gasteiger partial charge in [-0.2, -0.15) is 0 Å². The van der Waals surface area contributed by atoms with E-state index in [1.807, 2.05) is 14.1 Å². The van der Waals surface area contributed by atoms with Gasteiger partial charge < -0.3 is 5.32 Å². The molecule has 2 aromatic rings. The minimum atomic E-state index is 0.0722. The lowest BCUT2D eigenvalue weighted by Crippen LogP contribution is -2.21. The zero-order valence-corrected chi connectivity index (χ0v) is 12.9. The molecule has 1 unspecified atom stereocenters. The summed E-state index contributed by atoms with van der Waals surface area (Å²) in [6, 6.07) is 8.44. The largest absolute Gasteiger partial charge is 0.308 e. The second kappa shape index (κ2) is 5.86. The maximum atomic E-state index is 4.05. The van der Waals surface area contributed by atoms with E-state index in [9.17, 15) is 0 Å². The fourth-order valence-electron chi connectivity index (χ4n) is 1.99. The molecule has 6 heteroatoms. The molecular formula is C12H15BrN4S. The van der Waals surface area contributed by atoms with Gasteiger partial charge in [0.05, 0.1) is 11.7 Å². The van der Waals surface area contributed by atoms with Gasteiger partial charge in [0.1, 0.15) is 0 Å². The Balaban J connectivity index is 2.52. The SMILES string of the molecule is CNC(c1ccccc1SC)c1c(Br)nnn1C. The number of thioether (sulfide) groups is 1. The summed E-state index contributed by atoms with van der Waals surface area (Å²) in [5.41, 5.74) is 2.26. The van der Waals surface area contributed by atoms with Crippen LogP contribution in [0.5, 0.6) is 0 Å². The fraction of sp³-hybridized carbons (Fsp3) is 0.333. The quantitative estimate of drug-likeness (QED) is 0.877. The summed E-state index contributed by atoms with van der Waals surface area (Å²) in [7, 11) is 3.85. The van der Waals surface area contributed by atoms with Crippen LogP contribution in [-0.4, -0.2) is 28.3 Å². The normalized spacial score (nSPS) is 12.7. The van der Waals surface area contributed by atoms with Crippen LogP contribution >= 0.6 is 27.7 Å². The summed E-state index contributed by atoms with van der Waals surface area (Å²) in [6.45, 7) is 0. The summed E-state index contributed by atoms with van der Waals surface area (Å²) in [5.74, 6) is 0. The Morgan fingerprint density at radius 3 is 2.67 bits per heavy atom. The summed E-state index contributed by atoms with van der Waals surface area (Å²) >= 11 is 5.20. The van der Waals surface area contributed by atoms with Crippen LogP contribution in [-0.2, 0) is 7.05 Å². The van der Waals surface area contributed by atoms with Gasteiger partial charge >= 0.3 is 0 Å². The highest BCUT2D eigenvalue weighted by atomic mass is 79.9. The molecule has 96 valence electrons. The third kappa shape index (κ3) is 2.46. The molecule has 0 aliphatic rings. The molecule has 1 aromatic heterocycles. The van der Waals surface area contributed by atoms with Gasteiger partial charge in [-0.15, -0.1) is 16.9 Å². The number of benzene rings is 1. The number of nitrogens with one attached hydrogen (secondary N) is 1. The fourth-order valence-corrected chi connectivity index (χ4v) is 3.18. The smallest absolute Gasteiger partial charge is 0.153 e. The van der Waals surface area contributed by atoms with E-state index in [-0.39, 0.29) is 6.04 Å². The first-order chi connectivity index (χ1) is 8.69. The van der Waals surface area contributed by atoms with Crippen molar-refractivity contribution < 1.29 is 0 Å². The molecule has 1 N–H and O–H groups in total. The van der Waals surface area contributed by atoms with E-state index >= 15 is 0 Å². The van der Waals surface area contributed by atoms with Crippen molar-refractivity contribution in [1.82, 2.24) is 20.3 Å². The molecule has 1 aromatic carbocycles. The lowest BCUT2D eigenvalue weighted by Gasteiger charge is -2.19. The van der Waals surface area contributed by atoms with E-state index in [4.69, 9.17) is 0 Å². The highest BCUT2D eigenvalue weighted by Crippen LogP contribution is 2.32. The van der Waals surface area contributed by atoms with Gasteiger partial charge in [-0.25, -0.2) is 4.68 Å². The molecule has 0 radical (unpaired) electrons. The molecule has 4 nitrogen and oxygen atoms in total. The van der Waals surface area contributed by atoms with Crippen molar-refractivity contribution in [1.29, 1.82) is 0 Å². The number of hydrogen-bond acceptors (Lipinski definition) is 4. The minimum Gasteiger partial charge on any atom is -0.308 e. The van der Waals surface area contributed by atoms with E-state index < -0.39 is 0 Å². The van der Waals surface area contributed by atoms with Gasteiger partial charge in [0.2, 0.25) is 0 Å². The van der Waals surface area contributed by atoms with Crippen LogP contribution in [0.3, 0.4) is 0 Å². The molecule has 2 rings (SSSR count). The molecule has 1 heterocycles. The number of hydrogen-bond donors (Lipinski definition) is 1. The zero-order chi connectivity index (χ0) is 13.1. The average molecular weight is 327 g/mol. The van der Waals surface area contributed by atoms with Gasteiger partial charge in [-0.1, -0.05) is 23.4 Å². The van der Waals surface area contributed by atoms with Crippen LogP contribution < -0.4 is 5.32 Å². The van der Waals surface area contributed by atoms with Crippen molar-refractivity contribution in [2.45, 2.75) is 10.9 Å². The van der Waals surface area contributed by atoms with Crippen LogP contribution in [0.2, 0.25) is 0 Å². The monoisotopic (exact) mass is 326 g/mol. The van der Waals surface area contributed by atoms with Crippen LogP contribution in [0.4, 0.5) is 0 Å². The molecule has 0 amide bonds. The lowest BCUT2D eigenvalue weighted by molar-refractivity contribution is 0.591. The highest BCUT2D eigenvalue weighted by Gasteiger charge is 2.22. The Hall–Kier alpha value is -0.850. The Bertz CT molecular complexity index is 521. The summed E-state index contributed by atoms with van der Waals surface area (Å²) in [5, 5.41) is 11.4. The summed E-state index contributed by atoms with van der Waals surface area (Å²) in [4.78, 5) is 1.25. The van der Waals surface area contributed by atoms with Crippen LogP contribution in [0.1, 0.15) is 17.3 Å². The van der Waals surface area contributed by atoms with Gasteiger partial charge in [0.15, 0.2) is 4.60 Å². The topological polar surface area (TPSA) is 42.7 Å². The Morgan fingerprint density at radius 2 is 2.11 bits per heavy atom. The number of nitrogens with zero attached hydrogens (tertiary/aromatic N) is 3. The number of aromatic nitrogens is 3. The predicted molar refractivity (Wildman–Crippen MR) is 77.8 cm³/mol. The standard InChI is InChI=1S/C12H15BrN4S/c1-14-10(11-12(13)15-16-17(11)2)8-6-4-5-7-9(8)18-3/h4-7,10,14H,1-3H3. The number of aryl methyl sites for hydroxylation is 1. The first kappa shape index (κ1) is 13.6. The average Bonchev–Trinajstić information content (AvgIpc) is 2.72. The molecule has 1 atom stereocenters. The first-order valence-corrected chi connectivity index (χ1v) is 7.56. The Labute approximate surface area is 119 Å². The summed E-state index contributed by atoms with van der Waals surface area (Å²) in [6.07, 6.45) is 2.09. The number of halogens is 1. The van der Waals surface area contributed by atoms with Crippen molar-refractivity contribution >= 4 is 27.7 Å². The third-order valence-corrected chi connectivity index (χ3v) is 4.22. The second-order valence-corrected chi connectivity index (χ2v) is 5.45. The lowest BCUT2D eigenvalue weighted by atomic mass is 10.0. The van der Waals surface area contributed by atoms with Crippen molar-refractivity contribution in [3.05, 3.63) is 40.1 Å². The van der Waals surface area contributed by atoms with Crippen molar-refractivity contribution in [2.24, 2.45) is 7.05 Å². The van der Waals surface area contributed by atoms with Gasteiger partial charge in [0.25, 0.3) is 0 Å². The molecule has 0 saturated carbocycles. The third-order valence-electron chi connectivity index (χ3n) is 2.84. The Kier molecular flexibility index (Phi) is 4.42. The molecule has 0 fully saturated rings. The molecule has 0 saturated heterocycles.